The lowest BCUT2D eigenvalue weighted by Gasteiger charge is -2.23. The summed E-state index contributed by atoms with van der Waals surface area (Å²) in [5, 5.41) is 6.92. The number of anilines is 2. The van der Waals surface area contributed by atoms with Crippen LogP contribution in [0.1, 0.15) is 52.6 Å². The topological polar surface area (TPSA) is 83.0 Å². The number of fused-ring (bicyclic) bond motifs is 1. The third-order valence-electron chi connectivity index (χ3n) is 6.14. The summed E-state index contributed by atoms with van der Waals surface area (Å²) >= 11 is 0. The molecule has 2 aromatic heterocycles. The van der Waals surface area contributed by atoms with Gasteiger partial charge in [0, 0.05) is 30.5 Å². The number of nitrogens with one attached hydrogen (secondary N) is 2. The van der Waals surface area contributed by atoms with Crippen molar-refractivity contribution < 1.29 is 4.79 Å². The first-order chi connectivity index (χ1) is 17.1. The van der Waals surface area contributed by atoms with E-state index in [0.717, 1.165) is 22.3 Å². The van der Waals surface area contributed by atoms with Crippen molar-refractivity contribution >= 4 is 17.7 Å². The maximum atomic E-state index is 13.2. The van der Waals surface area contributed by atoms with Crippen molar-refractivity contribution in [1.82, 2.24) is 19.9 Å². The Morgan fingerprint density at radius 1 is 0.914 bits per heavy atom. The molecule has 1 amide bonds. The molecule has 35 heavy (non-hydrogen) atoms. The van der Waals surface area contributed by atoms with Gasteiger partial charge in [0.1, 0.15) is 11.5 Å². The summed E-state index contributed by atoms with van der Waals surface area (Å²) in [5.74, 6) is 1.01. The van der Waals surface area contributed by atoms with Gasteiger partial charge in [0.25, 0.3) is 5.91 Å². The molecule has 0 bridgehead atoms. The summed E-state index contributed by atoms with van der Waals surface area (Å²) in [6.07, 6.45) is 3.54. The number of aromatic nitrogens is 3. The minimum Gasteiger partial charge on any atom is -0.359 e. The van der Waals surface area contributed by atoms with Gasteiger partial charge in [-0.2, -0.15) is 4.98 Å². The summed E-state index contributed by atoms with van der Waals surface area (Å²) in [6, 6.07) is 24.3. The molecule has 0 spiro atoms. The van der Waals surface area contributed by atoms with Crippen molar-refractivity contribution in [2.24, 2.45) is 0 Å². The van der Waals surface area contributed by atoms with Crippen molar-refractivity contribution in [3.63, 3.8) is 0 Å². The Kier molecular flexibility index (Phi) is 6.39. The van der Waals surface area contributed by atoms with Crippen LogP contribution in [0.4, 0.5) is 11.8 Å². The number of hydrogen-bond acceptors (Lipinski definition) is 6. The van der Waals surface area contributed by atoms with Crippen molar-refractivity contribution in [1.29, 1.82) is 0 Å². The number of pyridine rings is 1. The Morgan fingerprint density at radius 2 is 1.60 bits per heavy atom. The van der Waals surface area contributed by atoms with Gasteiger partial charge in [-0.25, -0.2) is 4.98 Å². The highest BCUT2D eigenvalue weighted by Gasteiger charge is 2.34. The molecule has 1 aliphatic rings. The average molecular weight is 465 g/mol. The largest absolute Gasteiger partial charge is 0.359 e. The number of benzene rings is 2. The number of hydrogen-bond donors (Lipinski definition) is 2. The van der Waals surface area contributed by atoms with E-state index < -0.39 is 0 Å². The van der Waals surface area contributed by atoms with Crippen molar-refractivity contribution in [3.8, 4) is 0 Å². The van der Waals surface area contributed by atoms with Crippen LogP contribution in [0.5, 0.6) is 0 Å². The highest BCUT2D eigenvalue weighted by molar-refractivity contribution is 5.98. The Morgan fingerprint density at radius 3 is 2.20 bits per heavy atom. The summed E-state index contributed by atoms with van der Waals surface area (Å²) in [7, 11) is 0. The molecule has 0 unspecified atom stereocenters. The zero-order chi connectivity index (χ0) is 24.2. The second kappa shape index (κ2) is 9.93. The summed E-state index contributed by atoms with van der Waals surface area (Å²) < 4.78 is 0. The Bertz CT molecular complexity index is 1260. The lowest BCUT2D eigenvalue weighted by molar-refractivity contribution is 0.0726. The van der Waals surface area contributed by atoms with E-state index in [1.54, 1.807) is 12.4 Å². The van der Waals surface area contributed by atoms with E-state index in [9.17, 15) is 4.79 Å². The number of amides is 1. The van der Waals surface area contributed by atoms with Crippen LogP contribution in [-0.2, 0) is 13.1 Å². The second-order valence-corrected chi connectivity index (χ2v) is 8.86. The molecule has 4 aromatic rings. The van der Waals surface area contributed by atoms with Gasteiger partial charge < -0.3 is 15.5 Å². The molecular formula is C28H28N6O. The molecule has 7 nitrogen and oxygen atoms in total. The third kappa shape index (κ3) is 4.84. The molecule has 176 valence electrons. The molecule has 0 fully saturated rings. The van der Waals surface area contributed by atoms with Crippen LogP contribution < -0.4 is 10.6 Å². The van der Waals surface area contributed by atoms with E-state index in [-0.39, 0.29) is 18.0 Å². The van der Waals surface area contributed by atoms with Gasteiger partial charge in [0.15, 0.2) is 0 Å². The monoisotopic (exact) mass is 464 g/mol. The first kappa shape index (κ1) is 22.5. The fourth-order valence-corrected chi connectivity index (χ4v) is 4.27. The van der Waals surface area contributed by atoms with Crippen LogP contribution in [0.15, 0.2) is 85.2 Å². The Balaban J connectivity index is 1.54. The third-order valence-corrected chi connectivity index (χ3v) is 6.14. The van der Waals surface area contributed by atoms with Gasteiger partial charge in [0.05, 0.1) is 12.6 Å². The number of carbonyl (C=O) groups is 1. The average Bonchev–Trinajstić information content (AvgIpc) is 3.24. The molecule has 0 atom stereocenters. The van der Waals surface area contributed by atoms with Crippen LogP contribution >= 0.6 is 0 Å². The number of nitrogens with zero attached hydrogens (tertiary/aromatic N) is 4. The van der Waals surface area contributed by atoms with Crippen LogP contribution in [0.3, 0.4) is 0 Å². The van der Waals surface area contributed by atoms with Gasteiger partial charge >= 0.3 is 0 Å². The van der Waals surface area contributed by atoms with E-state index in [4.69, 9.17) is 4.98 Å². The zero-order valence-corrected chi connectivity index (χ0v) is 19.8. The van der Waals surface area contributed by atoms with Crippen molar-refractivity contribution in [3.05, 3.63) is 113 Å². The molecular weight excluding hydrogens is 436 g/mol. The fraction of sp³-hybridized carbons (Fsp3) is 0.214. The molecule has 5 rings (SSSR count). The van der Waals surface area contributed by atoms with E-state index in [0.29, 0.717) is 30.5 Å². The fourth-order valence-electron chi connectivity index (χ4n) is 4.27. The lowest BCUT2D eigenvalue weighted by Crippen LogP contribution is -2.31. The molecule has 3 heterocycles. The molecule has 0 aliphatic carbocycles. The molecule has 2 N–H and O–H groups in total. The smallest absolute Gasteiger partial charge is 0.273 e. The van der Waals surface area contributed by atoms with Gasteiger partial charge in [-0.1, -0.05) is 66.7 Å². The van der Waals surface area contributed by atoms with Crippen molar-refractivity contribution in [2.45, 2.75) is 39.0 Å². The van der Waals surface area contributed by atoms with Crippen molar-refractivity contribution in [2.75, 3.05) is 10.6 Å². The van der Waals surface area contributed by atoms with E-state index in [1.807, 2.05) is 67.3 Å². The van der Waals surface area contributed by atoms with Gasteiger partial charge in [-0.3, -0.25) is 9.78 Å². The molecule has 0 saturated heterocycles. The molecule has 2 aromatic carbocycles. The Labute approximate surface area is 205 Å². The highest BCUT2D eigenvalue weighted by Crippen LogP contribution is 2.33. The van der Waals surface area contributed by atoms with Crippen LogP contribution in [-0.4, -0.2) is 31.8 Å². The van der Waals surface area contributed by atoms with Gasteiger partial charge in [-0.05, 0) is 36.6 Å². The molecule has 7 heteroatoms. The standard InChI is InChI=1S/C28H28N6O/c1-19(2)34-18-23-25(27(34)35)32-28(30-17-20-10-9-15-29-16-20)33-26(23)31-24(21-11-5-3-6-12-21)22-13-7-4-8-14-22/h3-16,19,24H,17-18H2,1-2H3,(H2,30,31,32,33). The minimum absolute atomic E-state index is 0.0652. The molecule has 1 aliphatic heterocycles. The minimum atomic E-state index is -0.134. The normalized spacial score (nSPS) is 12.8. The van der Waals surface area contributed by atoms with Crippen LogP contribution in [0.25, 0.3) is 0 Å². The van der Waals surface area contributed by atoms with Gasteiger partial charge in [-0.15, -0.1) is 0 Å². The molecule has 0 radical (unpaired) electrons. The first-order valence-corrected chi connectivity index (χ1v) is 11.8. The zero-order valence-electron chi connectivity index (χ0n) is 19.8. The number of carbonyl (C=O) groups excluding carboxylic acids is 1. The summed E-state index contributed by atoms with van der Waals surface area (Å²) in [6.45, 7) is 5.02. The van der Waals surface area contributed by atoms with E-state index in [1.165, 1.54) is 0 Å². The van der Waals surface area contributed by atoms with Crippen LogP contribution in [0.2, 0.25) is 0 Å². The quantitative estimate of drug-likeness (QED) is 0.380. The maximum Gasteiger partial charge on any atom is 0.273 e. The second-order valence-electron chi connectivity index (χ2n) is 8.86. The van der Waals surface area contributed by atoms with E-state index >= 15 is 0 Å². The predicted molar refractivity (Wildman–Crippen MR) is 137 cm³/mol. The number of rotatable bonds is 8. The summed E-state index contributed by atoms with van der Waals surface area (Å²) in [4.78, 5) is 28.7. The SMILES string of the molecule is CC(C)N1Cc2c(NC(c3ccccc3)c3ccccc3)nc(NCc3cccnc3)nc2C1=O. The molecule has 0 saturated carbocycles. The van der Waals surface area contributed by atoms with Gasteiger partial charge in [0.2, 0.25) is 5.95 Å². The maximum absolute atomic E-state index is 13.2. The summed E-state index contributed by atoms with van der Waals surface area (Å²) in [5.41, 5.74) is 4.51. The predicted octanol–water partition coefficient (Wildman–Crippen LogP) is 5.05. The Hall–Kier alpha value is -4.26. The van der Waals surface area contributed by atoms with Crippen LogP contribution in [0, 0.1) is 0 Å². The van der Waals surface area contributed by atoms with E-state index in [2.05, 4.69) is 44.9 Å². The highest BCUT2D eigenvalue weighted by atomic mass is 16.2. The lowest BCUT2D eigenvalue weighted by atomic mass is 9.98. The first-order valence-electron chi connectivity index (χ1n) is 11.8.